The molecular weight excluding hydrogens is 634 g/mol. The first-order chi connectivity index (χ1) is 21.5. The number of piperidine rings is 1. The number of benzene rings is 3. The van der Waals surface area contributed by atoms with Crippen LogP contribution in [-0.2, 0) is 21.7 Å². The number of nitrogens with one attached hydrogen (secondary N) is 1. The highest BCUT2D eigenvalue weighted by atomic mass is 35.5. The zero-order valence-corrected chi connectivity index (χ0v) is 26.1. The van der Waals surface area contributed by atoms with Crippen LogP contribution in [0.3, 0.4) is 0 Å². The molecule has 2 aliphatic heterocycles. The van der Waals surface area contributed by atoms with Crippen molar-refractivity contribution in [1.29, 1.82) is 0 Å². The summed E-state index contributed by atoms with van der Waals surface area (Å²) in [6.07, 6.45) is 0.820. The van der Waals surface area contributed by atoms with E-state index < -0.39 is 30.0 Å². The predicted octanol–water partition coefficient (Wildman–Crippen LogP) is 7.43. The van der Waals surface area contributed by atoms with E-state index in [4.69, 9.17) is 32.7 Å². The number of hydrogen-bond donors (Lipinski definition) is 1. The summed E-state index contributed by atoms with van der Waals surface area (Å²) in [4.78, 5) is 30.0. The van der Waals surface area contributed by atoms with Crippen molar-refractivity contribution in [2.45, 2.75) is 43.9 Å². The van der Waals surface area contributed by atoms with Crippen LogP contribution >= 0.6 is 23.2 Å². The quantitative estimate of drug-likeness (QED) is 0.243. The molecule has 3 aromatic rings. The number of carbonyl (C=O) groups excluding carboxylic acids is 2. The van der Waals surface area contributed by atoms with E-state index in [2.05, 4.69) is 15.0 Å². The molecule has 0 bridgehead atoms. The van der Waals surface area contributed by atoms with Crippen LogP contribution < -0.4 is 14.8 Å². The van der Waals surface area contributed by atoms with Crippen LogP contribution in [0.25, 0.3) is 0 Å². The lowest BCUT2D eigenvalue weighted by Gasteiger charge is -2.44. The summed E-state index contributed by atoms with van der Waals surface area (Å²) in [5.41, 5.74) is 1.60. The smallest absolute Gasteiger partial charge is 0.412 e. The Morgan fingerprint density at radius 3 is 2.51 bits per heavy atom. The fraction of sp³-hybridized carbons (Fsp3) is 0.375. The Bertz CT molecular complexity index is 1570. The molecule has 0 aromatic heterocycles. The topological polar surface area (TPSA) is 80.3 Å². The van der Waals surface area contributed by atoms with Crippen LogP contribution in [0, 0.1) is 5.82 Å². The summed E-state index contributed by atoms with van der Waals surface area (Å²) in [6.45, 7) is -1.14. The highest BCUT2D eigenvalue weighted by molar-refractivity contribution is 6.42. The number of anilines is 1. The summed E-state index contributed by atoms with van der Waals surface area (Å²) in [6, 6.07) is 13.9. The van der Waals surface area contributed by atoms with Crippen LogP contribution in [0.15, 0.2) is 54.6 Å². The van der Waals surface area contributed by atoms with Crippen LogP contribution in [0.4, 0.5) is 23.7 Å². The van der Waals surface area contributed by atoms with Gasteiger partial charge in [0.1, 0.15) is 11.4 Å². The van der Waals surface area contributed by atoms with Crippen molar-refractivity contribution in [3.05, 3.63) is 87.2 Å². The number of halogens is 5. The number of carbonyl (C=O) groups is 2. The van der Waals surface area contributed by atoms with Gasteiger partial charge in [-0.25, -0.2) is 9.18 Å². The molecule has 1 fully saturated rings. The van der Waals surface area contributed by atoms with Gasteiger partial charge in [-0.15, -0.1) is 0 Å². The molecular formula is C32H32Cl2F3N3O5. The van der Waals surface area contributed by atoms with Crippen molar-refractivity contribution in [2.75, 3.05) is 39.1 Å². The number of alkyl halides is 2. The summed E-state index contributed by atoms with van der Waals surface area (Å²) in [5.74, 6) is -1.13. The first kappa shape index (κ1) is 32.7. The van der Waals surface area contributed by atoms with Gasteiger partial charge in [-0.3, -0.25) is 10.1 Å². The third-order valence-corrected chi connectivity index (χ3v) is 9.02. The van der Waals surface area contributed by atoms with E-state index in [0.717, 1.165) is 0 Å². The number of likely N-dealkylation sites (tertiary alicyclic amines) is 1. The summed E-state index contributed by atoms with van der Waals surface area (Å²) in [7, 11) is 3.01. The Hall–Kier alpha value is -3.67. The zero-order chi connectivity index (χ0) is 32.3. The Balaban J connectivity index is 1.29. The van der Waals surface area contributed by atoms with Gasteiger partial charge in [-0.2, -0.15) is 8.78 Å². The second kappa shape index (κ2) is 13.8. The van der Waals surface area contributed by atoms with E-state index in [0.29, 0.717) is 71.3 Å². The van der Waals surface area contributed by atoms with Crippen LogP contribution in [-0.4, -0.2) is 62.2 Å². The fourth-order valence-corrected chi connectivity index (χ4v) is 6.28. The maximum Gasteiger partial charge on any atom is 0.412 e. The van der Waals surface area contributed by atoms with Gasteiger partial charge in [0.2, 0.25) is 5.91 Å². The van der Waals surface area contributed by atoms with Gasteiger partial charge in [0, 0.05) is 45.1 Å². The number of ether oxygens (including phenoxy) is 3. The number of rotatable bonds is 10. The minimum atomic E-state index is -3.00. The molecule has 2 amide bonds. The molecule has 45 heavy (non-hydrogen) atoms. The molecule has 2 aliphatic rings. The number of hydrogen-bond acceptors (Lipinski definition) is 6. The fourth-order valence-electron chi connectivity index (χ4n) is 5.97. The van der Waals surface area contributed by atoms with Crippen molar-refractivity contribution < 1.29 is 37.0 Å². The normalized spacial score (nSPS) is 16.5. The second-order valence-corrected chi connectivity index (χ2v) is 11.9. The Labute approximate surface area is 268 Å². The van der Waals surface area contributed by atoms with E-state index in [1.54, 1.807) is 48.3 Å². The number of amides is 2. The van der Waals surface area contributed by atoms with Crippen molar-refractivity contribution in [2.24, 2.45) is 0 Å². The molecule has 1 saturated heterocycles. The van der Waals surface area contributed by atoms with Gasteiger partial charge in [0.15, 0.2) is 11.5 Å². The lowest BCUT2D eigenvalue weighted by atomic mass is 9.82. The van der Waals surface area contributed by atoms with E-state index in [-0.39, 0.29) is 24.0 Å². The minimum absolute atomic E-state index is 0.102. The molecule has 1 atom stereocenters. The first-order valence-electron chi connectivity index (χ1n) is 14.3. The molecule has 1 spiro atoms. The van der Waals surface area contributed by atoms with Gasteiger partial charge in [-0.1, -0.05) is 35.3 Å². The second-order valence-electron chi connectivity index (χ2n) is 11.1. The molecule has 0 aliphatic carbocycles. The first-order valence-corrected chi connectivity index (χ1v) is 15.1. The lowest BCUT2D eigenvalue weighted by Crippen LogP contribution is -2.48. The molecule has 3 aromatic carbocycles. The maximum atomic E-state index is 14.1. The molecule has 240 valence electrons. The van der Waals surface area contributed by atoms with Crippen LogP contribution in [0.2, 0.25) is 10.0 Å². The van der Waals surface area contributed by atoms with Crippen molar-refractivity contribution in [3.63, 3.8) is 0 Å². The van der Waals surface area contributed by atoms with Gasteiger partial charge in [-0.05, 0) is 66.6 Å². The monoisotopic (exact) mass is 665 g/mol. The molecule has 5 rings (SSSR count). The number of likely N-dealkylation sites (N-methyl/N-ethyl adjacent to an activating group) is 1. The van der Waals surface area contributed by atoms with Gasteiger partial charge in [0.25, 0.3) is 0 Å². The van der Waals surface area contributed by atoms with Crippen LogP contribution in [0.1, 0.15) is 41.9 Å². The molecule has 13 heteroatoms. The number of nitrogens with zero attached hydrogens (tertiary/aromatic N) is 2. The molecule has 8 nitrogen and oxygen atoms in total. The number of fused-ring (bicyclic) bond motifs is 2. The summed E-state index contributed by atoms with van der Waals surface area (Å²) >= 11 is 12.5. The largest absolute Gasteiger partial charge is 0.493 e. The van der Waals surface area contributed by atoms with Gasteiger partial charge in [0.05, 0.1) is 28.8 Å². The zero-order valence-electron chi connectivity index (χ0n) is 24.6. The Kier molecular flexibility index (Phi) is 10.0. The van der Waals surface area contributed by atoms with Gasteiger partial charge >= 0.3 is 12.7 Å². The Morgan fingerprint density at radius 2 is 1.82 bits per heavy atom. The minimum Gasteiger partial charge on any atom is -0.493 e. The SMILES string of the molecule is COc1cc(CN(C)C(=O)C(CCN2CCC3(CC2)OC(=O)Nc2ccc(F)cc23)c2ccc(Cl)c(Cl)c2)ccc1OC(F)F. The summed E-state index contributed by atoms with van der Waals surface area (Å²) < 4.78 is 55.1. The maximum absolute atomic E-state index is 14.1. The number of methoxy groups -OCH3 is 1. The van der Waals surface area contributed by atoms with Gasteiger partial charge < -0.3 is 24.0 Å². The van der Waals surface area contributed by atoms with Crippen molar-refractivity contribution in [3.8, 4) is 11.5 Å². The predicted molar refractivity (Wildman–Crippen MR) is 164 cm³/mol. The van der Waals surface area contributed by atoms with Crippen molar-refractivity contribution in [1.82, 2.24) is 9.80 Å². The molecule has 0 radical (unpaired) electrons. The van der Waals surface area contributed by atoms with E-state index in [1.807, 2.05) is 0 Å². The molecule has 1 N–H and O–H groups in total. The van der Waals surface area contributed by atoms with E-state index in [1.165, 1.54) is 25.3 Å². The standard InChI is InChI=1S/C32H32Cl2F3N3O5/c1-39(18-19-3-8-27(44-30(36)37)28(15-19)43-2)29(41)22(20-4-6-24(33)25(34)16-20)9-12-40-13-10-32(11-14-40)23-17-21(35)5-7-26(23)38-31(42)45-32/h3-8,15-17,22,30H,9-14,18H2,1-2H3,(H,38,42). The molecule has 1 unspecified atom stereocenters. The molecule has 0 saturated carbocycles. The average molecular weight is 667 g/mol. The molecule has 2 heterocycles. The Morgan fingerprint density at radius 1 is 1.07 bits per heavy atom. The highest BCUT2D eigenvalue weighted by Crippen LogP contribution is 2.44. The third kappa shape index (κ3) is 7.43. The lowest BCUT2D eigenvalue weighted by molar-refractivity contribution is -0.132. The highest BCUT2D eigenvalue weighted by Gasteiger charge is 2.44. The van der Waals surface area contributed by atoms with Crippen molar-refractivity contribution >= 4 is 40.9 Å². The van der Waals surface area contributed by atoms with E-state index in [9.17, 15) is 22.8 Å². The van der Waals surface area contributed by atoms with Crippen LogP contribution in [0.5, 0.6) is 11.5 Å². The van der Waals surface area contributed by atoms with E-state index >= 15 is 0 Å². The average Bonchev–Trinajstić information content (AvgIpc) is 3.00. The summed E-state index contributed by atoms with van der Waals surface area (Å²) in [5, 5.41) is 3.34. The third-order valence-electron chi connectivity index (χ3n) is 8.28.